The maximum atomic E-state index is 12.8. The molecule has 2 aliphatic rings. The van der Waals surface area contributed by atoms with Crippen molar-refractivity contribution < 1.29 is 33.3 Å². The predicted octanol–water partition coefficient (Wildman–Crippen LogP) is 2.72. The SMILES string of the molecule is CCOC(=O)C(=O)[C@H]1OC(c2ccccc2)O[C@H]2COC(c3ccccc3)O[C@H]21. The number of fused-ring (bicyclic) bond motifs is 1. The summed E-state index contributed by atoms with van der Waals surface area (Å²) in [6.45, 7) is 1.94. The van der Waals surface area contributed by atoms with Crippen molar-refractivity contribution in [3.8, 4) is 0 Å². The Labute approximate surface area is 168 Å². The molecule has 2 unspecified atom stereocenters. The van der Waals surface area contributed by atoms with E-state index in [1.165, 1.54) is 0 Å². The van der Waals surface area contributed by atoms with E-state index in [-0.39, 0.29) is 13.2 Å². The second kappa shape index (κ2) is 8.84. The van der Waals surface area contributed by atoms with Gasteiger partial charge in [0.05, 0.1) is 13.2 Å². The molecular weight excluding hydrogens is 376 g/mol. The Bertz CT molecular complexity index is 839. The first kappa shape index (κ1) is 19.7. The van der Waals surface area contributed by atoms with Crippen molar-refractivity contribution in [2.45, 2.75) is 37.8 Å². The molecule has 2 fully saturated rings. The van der Waals surface area contributed by atoms with Gasteiger partial charge in [0, 0.05) is 11.1 Å². The van der Waals surface area contributed by atoms with Gasteiger partial charge in [-0.3, -0.25) is 4.79 Å². The van der Waals surface area contributed by atoms with Gasteiger partial charge in [0.25, 0.3) is 5.78 Å². The Kier molecular flexibility index (Phi) is 6.01. The van der Waals surface area contributed by atoms with Crippen LogP contribution >= 0.6 is 0 Å². The number of hydrogen-bond donors (Lipinski definition) is 0. The van der Waals surface area contributed by atoms with Crippen LogP contribution in [0.25, 0.3) is 0 Å². The molecule has 0 aromatic heterocycles. The van der Waals surface area contributed by atoms with E-state index in [1.54, 1.807) is 6.92 Å². The molecule has 0 N–H and O–H groups in total. The van der Waals surface area contributed by atoms with Crippen LogP contribution in [0.15, 0.2) is 60.7 Å². The molecule has 0 aliphatic carbocycles. The number of ketones is 1. The number of esters is 1. The Morgan fingerprint density at radius 1 is 0.897 bits per heavy atom. The van der Waals surface area contributed by atoms with Gasteiger partial charge in [-0.25, -0.2) is 4.79 Å². The monoisotopic (exact) mass is 398 g/mol. The maximum Gasteiger partial charge on any atom is 0.377 e. The fourth-order valence-electron chi connectivity index (χ4n) is 3.41. The first-order chi connectivity index (χ1) is 14.2. The highest BCUT2D eigenvalue weighted by atomic mass is 16.8. The third-order valence-electron chi connectivity index (χ3n) is 4.80. The molecule has 7 nitrogen and oxygen atoms in total. The molecular formula is C22H22O7. The van der Waals surface area contributed by atoms with Crippen molar-refractivity contribution in [2.75, 3.05) is 13.2 Å². The van der Waals surface area contributed by atoms with Crippen molar-refractivity contribution in [3.05, 3.63) is 71.8 Å². The predicted molar refractivity (Wildman–Crippen MR) is 101 cm³/mol. The summed E-state index contributed by atoms with van der Waals surface area (Å²) >= 11 is 0. The average Bonchev–Trinajstić information content (AvgIpc) is 2.79. The number of ether oxygens (including phenoxy) is 5. The Hall–Kier alpha value is -2.58. The van der Waals surface area contributed by atoms with Crippen LogP contribution in [0.1, 0.15) is 30.6 Å². The molecule has 0 radical (unpaired) electrons. The van der Waals surface area contributed by atoms with Crippen molar-refractivity contribution in [2.24, 2.45) is 0 Å². The summed E-state index contributed by atoms with van der Waals surface area (Å²) in [5.41, 5.74) is 1.54. The fraction of sp³-hybridized carbons (Fsp3) is 0.364. The van der Waals surface area contributed by atoms with Gasteiger partial charge in [0.1, 0.15) is 12.2 Å². The third kappa shape index (κ3) is 4.23. The van der Waals surface area contributed by atoms with E-state index in [0.717, 1.165) is 11.1 Å². The van der Waals surface area contributed by atoms with Crippen LogP contribution < -0.4 is 0 Å². The number of carbonyl (C=O) groups is 2. The van der Waals surface area contributed by atoms with Gasteiger partial charge in [-0.1, -0.05) is 60.7 Å². The molecule has 2 saturated heterocycles. The molecule has 0 amide bonds. The van der Waals surface area contributed by atoms with E-state index >= 15 is 0 Å². The molecule has 5 atom stereocenters. The van der Waals surface area contributed by atoms with Gasteiger partial charge >= 0.3 is 5.97 Å². The van der Waals surface area contributed by atoms with E-state index < -0.39 is 42.6 Å². The van der Waals surface area contributed by atoms with Crippen LogP contribution in [-0.2, 0) is 33.3 Å². The minimum atomic E-state index is -1.16. The van der Waals surface area contributed by atoms with Crippen LogP contribution in [0.5, 0.6) is 0 Å². The smallest absolute Gasteiger partial charge is 0.377 e. The standard InChI is InChI=1S/C22H22O7/c1-2-25-20(24)17(23)19-18-16(27-22(29-19)15-11-7-4-8-12-15)13-26-21(28-18)14-9-5-3-6-10-14/h3-12,16,18-19,21-22H,2,13H2,1H3/t16-,18+,19+,21?,22?/m0/s1. The molecule has 2 aliphatic heterocycles. The molecule has 2 aromatic carbocycles. The summed E-state index contributed by atoms with van der Waals surface area (Å²) in [5, 5.41) is 0. The van der Waals surface area contributed by atoms with Crippen molar-refractivity contribution >= 4 is 11.8 Å². The zero-order valence-electron chi connectivity index (χ0n) is 15.9. The number of rotatable bonds is 5. The number of hydrogen-bond acceptors (Lipinski definition) is 7. The summed E-state index contributed by atoms with van der Waals surface area (Å²) in [7, 11) is 0. The number of carbonyl (C=O) groups excluding carboxylic acids is 2. The molecule has 7 heteroatoms. The van der Waals surface area contributed by atoms with Crippen molar-refractivity contribution in [1.82, 2.24) is 0 Å². The van der Waals surface area contributed by atoms with Crippen LogP contribution in [0.3, 0.4) is 0 Å². The van der Waals surface area contributed by atoms with E-state index in [0.29, 0.717) is 0 Å². The second-order valence-electron chi connectivity index (χ2n) is 6.74. The highest BCUT2D eigenvalue weighted by molar-refractivity contribution is 6.35. The lowest BCUT2D eigenvalue weighted by Crippen LogP contribution is -2.58. The molecule has 0 bridgehead atoms. The molecule has 29 heavy (non-hydrogen) atoms. The number of Topliss-reactive ketones (excluding diaryl/α,β-unsaturated/α-hetero) is 1. The van der Waals surface area contributed by atoms with Crippen LogP contribution in [0.2, 0.25) is 0 Å². The van der Waals surface area contributed by atoms with Crippen molar-refractivity contribution in [3.63, 3.8) is 0 Å². The fourth-order valence-corrected chi connectivity index (χ4v) is 3.41. The Morgan fingerprint density at radius 2 is 1.52 bits per heavy atom. The van der Waals surface area contributed by atoms with Gasteiger partial charge in [-0.15, -0.1) is 0 Å². The quantitative estimate of drug-likeness (QED) is 0.566. The van der Waals surface area contributed by atoms with Crippen LogP contribution in [-0.4, -0.2) is 43.3 Å². The third-order valence-corrected chi connectivity index (χ3v) is 4.80. The zero-order chi connectivity index (χ0) is 20.2. The minimum absolute atomic E-state index is 0.0978. The summed E-state index contributed by atoms with van der Waals surface area (Å²) in [6, 6.07) is 18.6. The normalized spacial score (nSPS) is 28.9. The van der Waals surface area contributed by atoms with Crippen LogP contribution in [0.4, 0.5) is 0 Å². The summed E-state index contributed by atoms with van der Waals surface area (Å²) in [6.07, 6.45) is -4.03. The van der Waals surface area contributed by atoms with E-state index in [2.05, 4.69) is 0 Å². The van der Waals surface area contributed by atoms with E-state index in [9.17, 15) is 9.59 Å². The zero-order valence-corrected chi connectivity index (χ0v) is 15.9. The lowest BCUT2D eigenvalue weighted by atomic mass is 10.00. The molecule has 2 aromatic rings. The Balaban J connectivity index is 1.59. The Morgan fingerprint density at radius 3 is 2.14 bits per heavy atom. The summed E-state index contributed by atoms with van der Waals surface area (Å²) in [5.74, 6) is -1.74. The van der Waals surface area contributed by atoms with Crippen LogP contribution in [0, 0.1) is 0 Å². The minimum Gasteiger partial charge on any atom is -0.460 e. The van der Waals surface area contributed by atoms with Gasteiger partial charge in [0.15, 0.2) is 18.7 Å². The summed E-state index contributed by atoms with van der Waals surface area (Å²) in [4.78, 5) is 24.9. The van der Waals surface area contributed by atoms with Crippen molar-refractivity contribution in [1.29, 1.82) is 0 Å². The highest BCUT2D eigenvalue weighted by Crippen LogP contribution is 2.38. The highest BCUT2D eigenvalue weighted by Gasteiger charge is 2.50. The average molecular weight is 398 g/mol. The van der Waals surface area contributed by atoms with Gasteiger partial charge in [-0.2, -0.15) is 0 Å². The van der Waals surface area contributed by atoms with E-state index in [4.69, 9.17) is 23.7 Å². The maximum absolute atomic E-state index is 12.8. The lowest BCUT2D eigenvalue weighted by Gasteiger charge is -2.45. The molecule has 2 heterocycles. The first-order valence-electron chi connectivity index (χ1n) is 9.56. The molecule has 0 spiro atoms. The second-order valence-corrected chi connectivity index (χ2v) is 6.74. The van der Waals surface area contributed by atoms with Gasteiger partial charge in [-0.05, 0) is 6.92 Å². The molecule has 4 rings (SSSR count). The van der Waals surface area contributed by atoms with E-state index in [1.807, 2.05) is 60.7 Å². The largest absolute Gasteiger partial charge is 0.460 e. The van der Waals surface area contributed by atoms with Gasteiger partial charge < -0.3 is 23.7 Å². The summed E-state index contributed by atoms with van der Waals surface area (Å²) < 4.78 is 28.6. The lowest BCUT2D eigenvalue weighted by molar-refractivity contribution is -0.356. The molecule has 152 valence electrons. The van der Waals surface area contributed by atoms with Gasteiger partial charge in [0.2, 0.25) is 0 Å². The topological polar surface area (TPSA) is 80.3 Å². The molecule has 0 saturated carbocycles. The number of benzene rings is 2. The first-order valence-corrected chi connectivity index (χ1v) is 9.56.